The summed E-state index contributed by atoms with van der Waals surface area (Å²) >= 11 is 3.33. The van der Waals surface area contributed by atoms with Crippen LogP contribution in [0.4, 0.5) is 0 Å². The van der Waals surface area contributed by atoms with E-state index in [0.29, 0.717) is 11.4 Å². The minimum absolute atomic E-state index is 0.00701. The molecule has 1 fully saturated rings. The van der Waals surface area contributed by atoms with Crippen LogP contribution in [0.15, 0.2) is 22.4 Å². The van der Waals surface area contributed by atoms with Crippen LogP contribution < -0.4 is 5.56 Å². The largest absolute Gasteiger partial charge is 0.377 e. The van der Waals surface area contributed by atoms with Crippen LogP contribution in [0.1, 0.15) is 19.0 Å². The second-order valence-electron chi connectivity index (χ2n) is 4.36. The molecule has 1 aliphatic rings. The molecule has 0 aromatic carbocycles. The molecule has 96 valence electrons. The van der Waals surface area contributed by atoms with E-state index in [1.54, 1.807) is 16.7 Å². The lowest BCUT2D eigenvalue weighted by atomic mass is 10.3. The van der Waals surface area contributed by atoms with E-state index in [2.05, 4.69) is 11.9 Å². The van der Waals surface area contributed by atoms with Gasteiger partial charge in [-0.15, -0.1) is 23.1 Å². The van der Waals surface area contributed by atoms with Gasteiger partial charge < -0.3 is 4.74 Å². The Balaban J connectivity index is 1.76. The summed E-state index contributed by atoms with van der Waals surface area (Å²) in [5, 5.41) is 2.40. The number of hydrogen-bond donors (Lipinski definition) is 0. The van der Waals surface area contributed by atoms with Crippen molar-refractivity contribution < 1.29 is 4.74 Å². The van der Waals surface area contributed by atoms with Crippen LogP contribution in [0.25, 0.3) is 4.96 Å². The molecular formula is C12H14N2O2S2. The zero-order chi connectivity index (χ0) is 12.5. The third-order valence-corrected chi connectivity index (χ3v) is 5.37. The Morgan fingerprint density at radius 2 is 2.56 bits per heavy atom. The molecule has 0 saturated carbocycles. The van der Waals surface area contributed by atoms with E-state index in [9.17, 15) is 4.79 Å². The molecule has 3 rings (SSSR count). The number of thiazole rings is 1. The van der Waals surface area contributed by atoms with Gasteiger partial charge in [-0.1, -0.05) is 0 Å². The van der Waals surface area contributed by atoms with Gasteiger partial charge in [0.05, 0.1) is 11.8 Å². The molecule has 0 spiro atoms. The molecule has 0 amide bonds. The van der Waals surface area contributed by atoms with Gasteiger partial charge in [-0.2, -0.15) is 0 Å². The Labute approximate surface area is 113 Å². The first kappa shape index (κ1) is 12.2. The molecule has 3 heterocycles. The second-order valence-corrected chi connectivity index (χ2v) is 6.46. The normalized spacial score (nSPS) is 23.8. The first-order chi connectivity index (χ1) is 8.74. The number of rotatable bonds is 3. The predicted molar refractivity (Wildman–Crippen MR) is 74.5 cm³/mol. The molecule has 0 N–H and O–H groups in total. The lowest BCUT2D eigenvalue weighted by Gasteiger charge is -2.12. The van der Waals surface area contributed by atoms with Crippen molar-refractivity contribution in [3.63, 3.8) is 0 Å². The van der Waals surface area contributed by atoms with E-state index in [0.717, 1.165) is 29.4 Å². The van der Waals surface area contributed by atoms with E-state index in [1.807, 2.05) is 17.1 Å². The van der Waals surface area contributed by atoms with Gasteiger partial charge in [-0.3, -0.25) is 9.20 Å². The third kappa shape index (κ3) is 2.32. The summed E-state index contributed by atoms with van der Waals surface area (Å²) in [6.45, 7) is 2.95. The highest BCUT2D eigenvalue weighted by atomic mass is 32.2. The standard InChI is InChI=1S/C12H14N2O2S2/c1-8-10(2-4-16-8)18-7-9-6-11(15)14-3-5-17-12(14)13-9/h3,5-6,8,10H,2,4,7H2,1H3. The second kappa shape index (κ2) is 5.03. The lowest BCUT2D eigenvalue weighted by Crippen LogP contribution is -2.15. The number of nitrogens with zero attached hydrogens (tertiary/aromatic N) is 2. The van der Waals surface area contributed by atoms with Crippen LogP contribution in [0.3, 0.4) is 0 Å². The van der Waals surface area contributed by atoms with Crippen LogP contribution in [-0.2, 0) is 10.5 Å². The first-order valence-corrected chi connectivity index (χ1v) is 7.86. The number of aromatic nitrogens is 2. The van der Waals surface area contributed by atoms with Gasteiger partial charge in [0.25, 0.3) is 5.56 Å². The Bertz CT molecular complexity index is 607. The average Bonchev–Trinajstić information content (AvgIpc) is 2.95. The quantitative estimate of drug-likeness (QED) is 0.865. The van der Waals surface area contributed by atoms with Crippen molar-refractivity contribution in [2.75, 3.05) is 6.61 Å². The van der Waals surface area contributed by atoms with Crippen LogP contribution in [0.2, 0.25) is 0 Å². The van der Waals surface area contributed by atoms with Crippen molar-refractivity contribution in [1.82, 2.24) is 9.38 Å². The predicted octanol–water partition coefficient (Wildman–Crippen LogP) is 2.17. The zero-order valence-electron chi connectivity index (χ0n) is 10.0. The van der Waals surface area contributed by atoms with Gasteiger partial charge in [0.1, 0.15) is 0 Å². The minimum atomic E-state index is 0.00701. The van der Waals surface area contributed by atoms with Crippen molar-refractivity contribution in [2.24, 2.45) is 0 Å². The van der Waals surface area contributed by atoms with Crippen LogP contribution in [0.5, 0.6) is 0 Å². The maximum absolute atomic E-state index is 11.8. The fraction of sp³-hybridized carbons (Fsp3) is 0.500. The highest BCUT2D eigenvalue weighted by Gasteiger charge is 2.24. The minimum Gasteiger partial charge on any atom is -0.377 e. The topological polar surface area (TPSA) is 43.6 Å². The molecule has 0 radical (unpaired) electrons. The smallest absolute Gasteiger partial charge is 0.258 e. The Hall–Kier alpha value is -0.850. The fourth-order valence-corrected chi connectivity index (χ4v) is 3.97. The summed E-state index contributed by atoms with van der Waals surface area (Å²) < 4.78 is 7.11. The van der Waals surface area contributed by atoms with E-state index < -0.39 is 0 Å². The molecule has 6 heteroatoms. The highest BCUT2D eigenvalue weighted by molar-refractivity contribution is 7.99. The number of hydrogen-bond acceptors (Lipinski definition) is 5. The van der Waals surface area contributed by atoms with Gasteiger partial charge in [-0.25, -0.2) is 4.98 Å². The first-order valence-electron chi connectivity index (χ1n) is 5.93. The summed E-state index contributed by atoms with van der Waals surface area (Å²) in [6, 6.07) is 1.63. The average molecular weight is 282 g/mol. The molecule has 4 nitrogen and oxygen atoms in total. The van der Waals surface area contributed by atoms with Crippen LogP contribution >= 0.6 is 23.1 Å². The summed E-state index contributed by atoms with van der Waals surface area (Å²) in [6.07, 6.45) is 3.16. The van der Waals surface area contributed by atoms with E-state index in [4.69, 9.17) is 4.74 Å². The highest BCUT2D eigenvalue weighted by Crippen LogP contribution is 2.28. The van der Waals surface area contributed by atoms with Crippen LogP contribution in [-0.4, -0.2) is 27.3 Å². The van der Waals surface area contributed by atoms with Crippen LogP contribution in [0, 0.1) is 0 Å². The molecule has 18 heavy (non-hydrogen) atoms. The third-order valence-electron chi connectivity index (χ3n) is 3.11. The number of fused-ring (bicyclic) bond motifs is 1. The van der Waals surface area contributed by atoms with Crippen molar-refractivity contribution in [3.8, 4) is 0 Å². The number of ether oxygens (including phenoxy) is 1. The molecule has 0 aliphatic carbocycles. The Morgan fingerprint density at radius 1 is 1.67 bits per heavy atom. The molecule has 2 aromatic rings. The zero-order valence-corrected chi connectivity index (χ0v) is 11.7. The van der Waals surface area contributed by atoms with Crippen molar-refractivity contribution in [2.45, 2.75) is 30.5 Å². The summed E-state index contributed by atoms with van der Waals surface area (Å²) in [5.74, 6) is 0.780. The Morgan fingerprint density at radius 3 is 3.33 bits per heavy atom. The SMILES string of the molecule is CC1OCCC1SCc1cc(=O)n2ccsc2n1. The maximum atomic E-state index is 11.8. The lowest BCUT2D eigenvalue weighted by molar-refractivity contribution is 0.127. The van der Waals surface area contributed by atoms with Gasteiger partial charge >= 0.3 is 0 Å². The summed E-state index contributed by atoms with van der Waals surface area (Å²) in [7, 11) is 0. The van der Waals surface area contributed by atoms with Gasteiger partial charge in [0.15, 0.2) is 4.96 Å². The van der Waals surface area contributed by atoms with Gasteiger partial charge in [0, 0.05) is 35.3 Å². The summed E-state index contributed by atoms with van der Waals surface area (Å²) in [4.78, 5) is 17.1. The van der Waals surface area contributed by atoms with E-state index >= 15 is 0 Å². The monoisotopic (exact) mass is 282 g/mol. The Kier molecular flexibility index (Phi) is 3.41. The maximum Gasteiger partial charge on any atom is 0.258 e. The molecule has 1 aliphatic heterocycles. The van der Waals surface area contributed by atoms with E-state index in [-0.39, 0.29) is 5.56 Å². The molecule has 2 unspecified atom stereocenters. The van der Waals surface area contributed by atoms with Crippen molar-refractivity contribution in [3.05, 3.63) is 33.7 Å². The van der Waals surface area contributed by atoms with Gasteiger partial charge in [0.2, 0.25) is 0 Å². The van der Waals surface area contributed by atoms with Gasteiger partial charge in [-0.05, 0) is 13.3 Å². The summed E-state index contributed by atoms with van der Waals surface area (Å²) in [5.41, 5.74) is 0.874. The molecule has 0 bridgehead atoms. The number of thioether (sulfide) groups is 1. The van der Waals surface area contributed by atoms with Crippen molar-refractivity contribution in [1.29, 1.82) is 0 Å². The molecule has 2 aromatic heterocycles. The molecule has 1 saturated heterocycles. The van der Waals surface area contributed by atoms with Crippen molar-refractivity contribution >= 4 is 28.1 Å². The molecule has 2 atom stereocenters. The molecular weight excluding hydrogens is 268 g/mol. The fourth-order valence-electron chi connectivity index (χ4n) is 2.09. The van der Waals surface area contributed by atoms with E-state index in [1.165, 1.54) is 11.3 Å².